The number of aromatic nitrogens is 2. The highest BCUT2D eigenvalue weighted by Gasteiger charge is 2.16. The molecule has 0 aliphatic heterocycles. The Kier molecular flexibility index (Phi) is 3.01. The molecule has 2 N–H and O–H groups in total. The van der Waals surface area contributed by atoms with Crippen molar-refractivity contribution >= 4 is 0 Å². The van der Waals surface area contributed by atoms with Crippen LogP contribution in [0.25, 0.3) is 11.4 Å². The van der Waals surface area contributed by atoms with Gasteiger partial charge in [0.25, 0.3) is 0 Å². The van der Waals surface area contributed by atoms with Gasteiger partial charge in [0.1, 0.15) is 5.82 Å². The maximum atomic E-state index is 13.5. The van der Waals surface area contributed by atoms with Gasteiger partial charge in [0.05, 0.1) is 19.2 Å². The number of rotatable bonds is 3. The summed E-state index contributed by atoms with van der Waals surface area (Å²) in [6.45, 7) is 0.0486. The third-order valence-electron chi connectivity index (χ3n) is 2.13. The molecule has 0 saturated heterocycles. The summed E-state index contributed by atoms with van der Waals surface area (Å²) in [5, 5.41) is 3.54. The summed E-state index contributed by atoms with van der Waals surface area (Å²) in [7, 11) is 1.28. The van der Waals surface area contributed by atoms with Crippen molar-refractivity contribution in [2.75, 3.05) is 7.11 Å². The monoisotopic (exact) mass is 241 g/mol. The zero-order chi connectivity index (χ0) is 12.4. The van der Waals surface area contributed by atoms with Gasteiger partial charge < -0.3 is 15.0 Å². The SMILES string of the molecule is COc1cc(-c2noc(CN)n2)c(F)cc1F. The van der Waals surface area contributed by atoms with Gasteiger partial charge in [-0.25, -0.2) is 8.78 Å². The predicted molar refractivity (Wildman–Crippen MR) is 54.1 cm³/mol. The van der Waals surface area contributed by atoms with E-state index in [1.165, 1.54) is 7.11 Å². The van der Waals surface area contributed by atoms with Crippen LogP contribution in [0.3, 0.4) is 0 Å². The molecule has 1 aromatic carbocycles. The first kappa shape index (κ1) is 11.5. The lowest BCUT2D eigenvalue weighted by molar-refractivity contribution is 0.379. The number of hydrogen-bond acceptors (Lipinski definition) is 5. The summed E-state index contributed by atoms with van der Waals surface area (Å²) in [6.07, 6.45) is 0. The van der Waals surface area contributed by atoms with Gasteiger partial charge in [-0.15, -0.1) is 0 Å². The largest absolute Gasteiger partial charge is 0.494 e. The quantitative estimate of drug-likeness (QED) is 0.881. The maximum absolute atomic E-state index is 13.5. The van der Waals surface area contributed by atoms with E-state index in [-0.39, 0.29) is 29.6 Å². The Bertz CT molecular complexity index is 542. The second-order valence-electron chi connectivity index (χ2n) is 3.18. The van der Waals surface area contributed by atoms with Gasteiger partial charge in [0.2, 0.25) is 11.7 Å². The molecule has 2 rings (SSSR count). The highest BCUT2D eigenvalue weighted by Crippen LogP contribution is 2.27. The van der Waals surface area contributed by atoms with Crippen LogP contribution in [0.5, 0.6) is 5.75 Å². The fourth-order valence-electron chi connectivity index (χ4n) is 1.30. The highest BCUT2D eigenvalue weighted by molar-refractivity contribution is 5.58. The van der Waals surface area contributed by atoms with Crippen molar-refractivity contribution in [1.29, 1.82) is 0 Å². The minimum atomic E-state index is -0.798. The number of methoxy groups -OCH3 is 1. The van der Waals surface area contributed by atoms with Crippen LogP contribution >= 0.6 is 0 Å². The van der Waals surface area contributed by atoms with E-state index >= 15 is 0 Å². The van der Waals surface area contributed by atoms with E-state index in [1.54, 1.807) is 0 Å². The van der Waals surface area contributed by atoms with Crippen LogP contribution in [0.15, 0.2) is 16.7 Å². The molecule has 0 radical (unpaired) electrons. The molecular formula is C10H9F2N3O2. The molecule has 1 aromatic heterocycles. The van der Waals surface area contributed by atoms with Crippen LogP contribution in [0, 0.1) is 11.6 Å². The van der Waals surface area contributed by atoms with Crippen LogP contribution in [0.4, 0.5) is 8.78 Å². The molecular weight excluding hydrogens is 232 g/mol. The molecule has 0 atom stereocenters. The van der Waals surface area contributed by atoms with E-state index in [1.807, 2.05) is 0 Å². The second-order valence-corrected chi connectivity index (χ2v) is 3.18. The summed E-state index contributed by atoms with van der Waals surface area (Å²) in [6, 6.07) is 1.86. The molecule has 0 bridgehead atoms. The molecule has 2 aromatic rings. The Balaban J connectivity index is 2.50. The molecule has 5 nitrogen and oxygen atoms in total. The van der Waals surface area contributed by atoms with Crippen LogP contribution in [0.1, 0.15) is 5.89 Å². The van der Waals surface area contributed by atoms with Gasteiger partial charge in [-0.2, -0.15) is 4.98 Å². The van der Waals surface area contributed by atoms with Crippen molar-refractivity contribution in [3.05, 3.63) is 29.7 Å². The zero-order valence-corrected chi connectivity index (χ0v) is 8.91. The molecule has 90 valence electrons. The van der Waals surface area contributed by atoms with E-state index in [9.17, 15) is 8.78 Å². The van der Waals surface area contributed by atoms with Crippen molar-refractivity contribution in [1.82, 2.24) is 10.1 Å². The van der Waals surface area contributed by atoms with Crippen molar-refractivity contribution < 1.29 is 18.0 Å². The summed E-state index contributed by atoms with van der Waals surface area (Å²) in [4.78, 5) is 3.84. The van der Waals surface area contributed by atoms with Crippen molar-refractivity contribution in [2.45, 2.75) is 6.54 Å². The molecule has 0 aliphatic rings. The smallest absolute Gasteiger partial charge is 0.240 e. The molecule has 17 heavy (non-hydrogen) atoms. The third-order valence-corrected chi connectivity index (χ3v) is 2.13. The molecule has 0 aliphatic carbocycles. The number of ether oxygens (including phenoxy) is 1. The molecule has 0 saturated carbocycles. The number of hydrogen-bond donors (Lipinski definition) is 1. The molecule has 0 spiro atoms. The minimum Gasteiger partial charge on any atom is -0.494 e. The summed E-state index contributed by atoms with van der Waals surface area (Å²) < 4.78 is 36.2. The van der Waals surface area contributed by atoms with E-state index in [0.717, 1.165) is 6.07 Å². The fraction of sp³-hybridized carbons (Fsp3) is 0.200. The standard InChI is InChI=1S/C10H9F2N3O2/c1-16-8-2-5(6(11)3-7(8)12)10-14-9(4-13)17-15-10/h2-3H,4,13H2,1H3. The van der Waals surface area contributed by atoms with Crippen LogP contribution in [0.2, 0.25) is 0 Å². The summed E-state index contributed by atoms with van der Waals surface area (Å²) >= 11 is 0. The van der Waals surface area contributed by atoms with Gasteiger partial charge in [0.15, 0.2) is 11.6 Å². The number of benzene rings is 1. The number of halogens is 2. The summed E-state index contributed by atoms with van der Waals surface area (Å²) in [5.41, 5.74) is 5.28. The van der Waals surface area contributed by atoms with Gasteiger partial charge in [-0.1, -0.05) is 5.16 Å². The fourth-order valence-corrected chi connectivity index (χ4v) is 1.30. The topological polar surface area (TPSA) is 74.2 Å². The lowest BCUT2D eigenvalue weighted by Gasteiger charge is -2.04. The van der Waals surface area contributed by atoms with E-state index < -0.39 is 11.6 Å². The average Bonchev–Trinajstić information content (AvgIpc) is 2.78. The summed E-state index contributed by atoms with van der Waals surface area (Å²) in [5.74, 6) is -1.52. The first-order valence-corrected chi connectivity index (χ1v) is 4.71. The van der Waals surface area contributed by atoms with Gasteiger partial charge in [-0.05, 0) is 6.07 Å². The number of nitrogens with two attached hydrogens (primary N) is 1. The average molecular weight is 241 g/mol. The van der Waals surface area contributed by atoms with Crippen molar-refractivity contribution in [3.8, 4) is 17.1 Å². The Morgan fingerprint density at radius 2 is 2.12 bits per heavy atom. The first-order valence-electron chi connectivity index (χ1n) is 4.71. The molecule has 0 unspecified atom stereocenters. The highest BCUT2D eigenvalue weighted by atomic mass is 19.1. The van der Waals surface area contributed by atoms with E-state index in [0.29, 0.717) is 6.07 Å². The third kappa shape index (κ3) is 2.09. The zero-order valence-electron chi connectivity index (χ0n) is 8.91. The normalized spacial score (nSPS) is 10.6. The van der Waals surface area contributed by atoms with Crippen LogP contribution < -0.4 is 10.5 Å². The predicted octanol–water partition coefficient (Wildman–Crippen LogP) is 1.48. The van der Waals surface area contributed by atoms with Crippen LogP contribution in [-0.4, -0.2) is 17.3 Å². The van der Waals surface area contributed by atoms with Gasteiger partial charge in [-0.3, -0.25) is 0 Å². The minimum absolute atomic E-state index is 0.00116. The molecule has 0 fully saturated rings. The Labute approximate surface area is 95.2 Å². The van der Waals surface area contributed by atoms with Gasteiger partial charge in [0, 0.05) is 6.07 Å². The van der Waals surface area contributed by atoms with E-state index in [2.05, 4.69) is 10.1 Å². The first-order chi connectivity index (χ1) is 8.15. The maximum Gasteiger partial charge on any atom is 0.240 e. The lowest BCUT2D eigenvalue weighted by Crippen LogP contribution is -1.97. The molecule has 1 heterocycles. The Morgan fingerprint density at radius 1 is 1.35 bits per heavy atom. The van der Waals surface area contributed by atoms with Crippen molar-refractivity contribution in [2.24, 2.45) is 5.73 Å². The Morgan fingerprint density at radius 3 is 2.71 bits per heavy atom. The second kappa shape index (κ2) is 4.46. The molecule has 7 heteroatoms. The number of nitrogens with zero attached hydrogens (tertiary/aromatic N) is 2. The van der Waals surface area contributed by atoms with E-state index in [4.69, 9.17) is 15.0 Å². The molecule has 0 amide bonds. The lowest BCUT2D eigenvalue weighted by atomic mass is 10.2. The Hall–Kier alpha value is -2.02. The van der Waals surface area contributed by atoms with Crippen LogP contribution in [-0.2, 0) is 6.54 Å². The van der Waals surface area contributed by atoms with Crippen molar-refractivity contribution in [3.63, 3.8) is 0 Å². The van der Waals surface area contributed by atoms with Gasteiger partial charge >= 0.3 is 0 Å².